The highest BCUT2D eigenvalue weighted by Crippen LogP contribution is 2.17. The van der Waals surface area contributed by atoms with Gasteiger partial charge in [-0.25, -0.2) is 9.97 Å². The second-order valence-electron chi connectivity index (χ2n) is 3.82. The summed E-state index contributed by atoms with van der Waals surface area (Å²) in [6.07, 6.45) is 0.630. The van der Waals surface area contributed by atoms with Crippen LogP contribution in [-0.2, 0) is 12.3 Å². The number of rotatable bonds is 3. The third kappa shape index (κ3) is 3.18. The Balaban J connectivity index is 2.30. The normalized spacial score (nSPS) is 10.5. The minimum atomic E-state index is 0.402. The van der Waals surface area contributed by atoms with Crippen LogP contribution in [0.15, 0.2) is 30.3 Å². The van der Waals surface area contributed by atoms with E-state index in [4.69, 9.17) is 23.2 Å². The molecule has 0 aliphatic rings. The van der Waals surface area contributed by atoms with Crippen molar-refractivity contribution in [1.82, 2.24) is 9.97 Å². The Morgan fingerprint density at radius 2 is 1.94 bits per heavy atom. The van der Waals surface area contributed by atoms with Gasteiger partial charge in [0.15, 0.2) is 0 Å². The van der Waals surface area contributed by atoms with E-state index in [1.165, 1.54) is 0 Å². The third-order valence-corrected chi connectivity index (χ3v) is 3.04. The molecule has 0 aliphatic carbocycles. The quantitative estimate of drug-likeness (QED) is 0.791. The summed E-state index contributed by atoms with van der Waals surface area (Å²) in [5.74, 6) is 1.16. The first-order valence-electron chi connectivity index (χ1n) is 5.32. The van der Waals surface area contributed by atoms with Gasteiger partial charge in [-0.3, -0.25) is 0 Å². The van der Waals surface area contributed by atoms with Crippen molar-refractivity contribution in [1.29, 1.82) is 0 Å². The van der Waals surface area contributed by atoms with Crippen molar-refractivity contribution in [3.63, 3.8) is 0 Å². The van der Waals surface area contributed by atoms with E-state index >= 15 is 0 Å². The molecule has 1 aromatic carbocycles. The molecule has 17 heavy (non-hydrogen) atoms. The number of hydrogen-bond acceptors (Lipinski definition) is 2. The lowest BCUT2D eigenvalue weighted by atomic mass is 10.1. The lowest BCUT2D eigenvalue weighted by molar-refractivity contribution is 0.912. The van der Waals surface area contributed by atoms with E-state index in [0.717, 1.165) is 27.8 Å². The molecule has 0 unspecified atom stereocenters. The molecule has 0 aliphatic heterocycles. The number of aryl methyl sites for hydroxylation is 1. The smallest absolute Gasteiger partial charge is 0.133 e. The van der Waals surface area contributed by atoms with E-state index in [1.54, 1.807) is 0 Å². The molecule has 1 heterocycles. The zero-order chi connectivity index (χ0) is 12.3. The number of halogens is 2. The summed E-state index contributed by atoms with van der Waals surface area (Å²) in [6, 6.07) is 9.61. The Bertz CT molecular complexity index is 527. The molecule has 1 aromatic heterocycles. The summed E-state index contributed by atoms with van der Waals surface area (Å²) in [6.45, 7) is 1.94. The van der Waals surface area contributed by atoms with E-state index in [0.29, 0.717) is 12.3 Å². The summed E-state index contributed by atoms with van der Waals surface area (Å²) >= 11 is 11.9. The molecule has 0 amide bonds. The van der Waals surface area contributed by atoms with Gasteiger partial charge < -0.3 is 0 Å². The Hall–Kier alpha value is -1.12. The maximum absolute atomic E-state index is 6.11. The van der Waals surface area contributed by atoms with Crippen molar-refractivity contribution in [3.05, 3.63) is 58.1 Å². The van der Waals surface area contributed by atoms with E-state index < -0.39 is 0 Å². The number of hydrogen-bond donors (Lipinski definition) is 0. The highest BCUT2D eigenvalue weighted by Gasteiger charge is 2.05. The maximum Gasteiger partial charge on any atom is 0.133 e. The summed E-state index contributed by atoms with van der Waals surface area (Å²) in [5.41, 5.74) is 2.80. The molecule has 0 fully saturated rings. The predicted molar refractivity (Wildman–Crippen MR) is 70.6 cm³/mol. The molecule has 0 saturated carbocycles. The van der Waals surface area contributed by atoms with Gasteiger partial charge in [0.25, 0.3) is 0 Å². The molecule has 0 atom stereocenters. The summed E-state index contributed by atoms with van der Waals surface area (Å²) < 4.78 is 0. The second kappa shape index (κ2) is 5.48. The van der Waals surface area contributed by atoms with Crippen LogP contribution in [0.5, 0.6) is 0 Å². The van der Waals surface area contributed by atoms with Crippen LogP contribution in [0.25, 0.3) is 0 Å². The average Bonchev–Trinajstić information content (AvgIpc) is 2.31. The maximum atomic E-state index is 6.11. The molecule has 2 rings (SSSR count). The van der Waals surface area contributed by atoms with Crippen LogP contribution in [0.2, 0.25) is 5.02 Å². The highest BCUT2D eigenvalue weighted by molar-refractivity contribution is 6.31. The number of benzene rings is 1. The highest BCUT2D eigenvalue weighted by atomic mass is 35.5. The Kier molecular flexibility index (Phi) is 3.97. The molecular weight excluding hydrogens is 255 g/mol. The third-order valence-electron chi connectivity index (χ3n) is 2.40. The van der Waals surface area contributed by atoms with Crippen molar-refractivity contribution in [2.75, 3.05) is 0 Å². The average molecular weight is 267 g/mol. The van der Waals surface area contributed by atoms with Crippen molar-refractivity contribution in [3.8, 4) is 0 Å². The van der Waals surface area contributed by atoms with Gasteiger partial charge in [-0.2, -0.15) is 0 Å². The van der Waals surface area contributed by atoms with Gasteiger partial charge in [0.05, 0.1) is 11.6 Å². The van der Waals surface area contributed by atoms with E-state index in [-0.39, 0.29) is 0 Å². The van der Waals surface area contributed by atoms with Crippen molar-refractivity contribution in [2.45, 2.75) is 19.2 Å². The first-order valence-corrected chi connectivity index (χ1v) is 6.23. The molecule has 0 bridgehead atoms. The van der Waals surface area contributed by atoms with Crippen LogP contribution in [0.3, 0.4) is 0 Å². The number of alkyl halides is 1. The Morgan fingerprint density at radius 1 is 1.18 bits per heavy atom. The Labute approximate surface area is 111 Å². The lowest BCUT2D eigenvalue weighted by Crippen LogP contribution is -2.01. The van der Waals surface area contributed by atoms with Crippen LogP contribution >= 0.6 is 23.2 Å². The van der Waals surface area contributed by atoms with E-state index in [9.17, 15) is 0 Å². The summed E-state index contributed by atoms with van der Waals surface area (Å²) in [4.78, 5) is 8.78. The number of nitrogens with zero attached hydrogens (tertiary/aromatic N) is 2. The fourth-order valence-corrected chi connectivity index (χ4v) is 2.00. The van der Waals surface area contributed by atoms with Crippen LogP contribution in [0.1, 0.15) is 22.8 Å². The SMILES string of the molecule is Cc1cc(CCl)nc(Cc2ccccc2Cl)n1. The van der Waals surface area contributed by atoms with E-state index in [1.807, 2.05) is 37.3 Å². The standard InChI is InChI=1S/C13H12Cl2N2/c1-9-6-11(8-14)17-13(16-9)7-10-4-2-3-5-12(10)15/h2-6H,7-8H2,1H3. The van der Waals surface area contributed by atoms with Gasteiger partial charge >= 0.3 is 0 Å². The van der Waals surface area contributed by atoms with Gasteiger partial charge in [0.1, 0.15) is 5.82 Å². The zero-order valence-corrected chi connectivity index (χ0v) is 11.0. The van der Waals surface area contributed by atoms with E-state index in [2.05, 4.69) is 9.97 Å². The van der Waals surface area contributed by atoms with Crippen molar-refractivity contribution in [2.24, 2.45) is 0 Å². The topological polar surface area (TPSA) is 25.8 Å². The largest absolute Gasteiger partial charge is 0.238 e. The zero-order valence-electron chi connectivity index (χ0n) is 9.45. The van der Waals surface area contributed by atoms with Crippen LogP contribution in [0.4, 0.5) is 0 Å². The molecular formula is C13H12Cl2N2. The summed E-state index contributed by atoms with van der Waals surface area (Å²) in [5, 5.41) is 0.741. The van der Waals surface area contributed by atoms with Gasteiger partial charge in [0.2, 0.25) is 0 Å². The molecule has 88 valence electrons. The first-order chi connectivity index (χ1) is 8.19. The van der Waals surface area contributed by atoms with Crippen LogP contribution in [-0.4, -0.2) is 9.97 Å². The molecule has 0 spiro atoms. The fourth-order valence-electron chi connectivity index (χ4n) is 1.66. The lowest BCUT2D eigenvalue weighted by Gasteiger charge is -2.05. The monoisotopic (exact) mass is 266 g/mol. The summed E-state index contributed by atoms with van der Waals surface area (Å²) in [7, 11) is 0. The van der Waals surface area contributed by atoms with Crippen LogP contribution < -0.4 is 0 Å². The molecule has 2 nitrogen and oxygen atoms in total. The fraction of sp³-hybridized carbons (Fsp3) is 0.231. The van der Waals surface area contributed by atoms with Crippen molar-refractivity contribution < 1.29 is 0 Å². The number of aromatic nitrogens is 2. The van der Waals surface area contributed by atoms with Gasteiger partial charge in [-0.15, -0.1) is 11.6 Å². The van der Waals surface area contributed by atoms with Gasteiger partial charge in [-0.05, 0) is 24.6 Å². The molecule has 4 heteroatoms. The molecule has 0 radical (unpaired) electrons. The first kappa shape index (κ1) is 12.3. The van der Waals surface area contributed by atoms with Crippen molar-refractivity contribution >= 4 is 23.2 Å². The van der Waals surface area contributed by atoms with Gasteiger partial charge in [-0.1, -0.05) is 29.8 Å². The molecule has 0 N–H and O–H groups in total. The predicted octanol–water partition coefficient (Wildman–Crippen LogP) is 3.77. The van der Waals surface area contributed by atoms with Gasteiger partial charge in [0, 0.05) is 17.1 Å². The minimum Gasteiger partial charge on any atom is -0.238 e. The Morgan fingerprint density at radius 3 is 2.65 bits per heavy atom. The molecule has 0 saturated heterocycles. The minimum absolute atomic E-state index is 0.402. The molecule has 2 aromatic rings. The second-order valence-corrected chi connectivity index (χ2v) is 4.49. The van der Waals surface area contributed by atoms with Crippen LogP contribution in [0, 0.1) is 6.92 Å².